The molecule has 1 aliphatic heterocycles. The first kappa shape index (κ1) is 19.0. The van der Waals surface area contributed by atoms with Crippen LogP contribution < -0.4 is 4.74 Å². The van der Waals surface area contributed by atoms with Crippen molar-refractivity contribution in [2.24, 2.45) is 7.05 Å². The zero-order chi connectivity index (χ0) is 20.1. The minimum Gasteiger partial charge on any atom is -0.488 e. The monoisotopic (exact) mass is 385 g/mol. The van der Waals surface area contributed by atoms with Gasteiger partial charge in [-0.3, -0.25) is 4.79 Å². The first-order chi connectivity index (χ1) is 13.3. The molecule has 2 aliphatic rings. The van der Waals surface area contributed by atoms with E-state index in [4.69, 9.17) is 4.74 Å². The zero-order valence-corrected chi connectivity index (χ0v) is 17.0. The number of aryl methyl sites for hydroxylation is 2. The molecule has 28 heavy (non-hydrogen) atoms. The molecule has 6 heteroatoms. The first-order valence-corrected chi connectivity index (χ1v) is 10.1. The molecule has 1 aromatic carbocycles. The molecular weight excluding hydrogens is 357 g/mol. The Morgan fingerprint density at radius 1 is 1.36 bits per heavy atom. The highest BCUT2D eigenvalue weighted by molar-refractivity contribution is 5.96. The summed E-state index contributed by atoms with van der Waals surface area (Å²) in [5.41, 5.74) is 1.49. The predicted molar refractivity (Wildman–Crippen MR) is 105 cm³/mol. The van der Waals surface area contributed by atoms with Crippen molar-refractivity contribution in [3.05, 3.63) is 47.0 Å². The largest absolute Gasteiger partial charge is 0.488 e. The van der Waals surface area contributed by atoms with E-state index >= 15 is 0 Å². The normalized spacial score (nSPS) is 20.4. The van der Waals surface area contributed by atoms with Crippen molar-refractivity contribution in [2.45, 2.75) is 64.0 Å². The van der Waals surface area contributed by atoms with E-state index in [0.29, 0.717) is 18.7 Å². The number of amides is 1. The van der Waals surface area contributed by atoms with Gasteiger partial charge in [0.1, 0.15) is 16.9 Å². The van der Waals surface area contributed by atoms with Gasteiger partial charge in [0.15, 0.2) is 0 Å². The van der Waals surface area contributed by atoms with Gasteiger partial charge in [-0.1, -0.05) is 25.1 Å². The van der Waals surface area contributed by atoms with Gasteiger partial charge in [-0.2, -0.15) is 9.49 Å². The Kier molecular flexibility index (Phi) is 4.68. The lowest BCUT2D eigenvalue weighted by Gasteiger charge is -2.39. The maximum atomic E-state index is 14.7. The molecule has 0 spiro atoms. The van der Waals surface area contributed by atoms with E-state index in [0.717, 1.165) is 30.6 Å². The topological polar surface area (TPSA) is 47.4 Å². The molecule has 4 rings (SSSR count). The summed E-state index contributed by atoms with van der Waals surface area (Å²) in [6, 6.07) is 8.23. The molecular formula is C22H28FN3O2. The number of carbonyl (C=O) groups excluding carboxylic acids is 1. The molecule has 1 aliphatic carbocycles. The summed E-state index contributed by atoms with van der Waals surface area (Å²) < 4.78 is 22.0. The van der Waals surface area contributed by atoms with Gasteiger partial charge < -0.3 is 9.64 Å². The number of benzene rings is 1. The highest BCUT2D eigenvalue weighted by atomic mass is 19.1. The van der Waals surface area contributed by atoms with E-state index in [1.807, 2.05) is 30.0 Å². The Bertz CT molecular complexity index is 901. The summed E-state index contributed by atoms with van der Waals surface area (Å²) in [5, 5.41) is 4.19. The molecule has 0 radical (unpaired) electrons. The summed E-state index contributed by atoms with van der Waals surface area (Å²) in [4.78, 5) is 15.3. The average molecular weight is 385 g/mol. The lowest BCUT2D eigenvalue weighted by Crippen LogP contribution is -2.42. The van der Waals surface area contributed by atoms with Crippen molar-refractivity contribution in [1.82, 2.24) is 14.7 Å². The van der Waals surface area contributed by atoms with Crippen LogP contribution in [-0.2, 0) is 13.5 Å². The third-order valence-electron chi connectivity index (χ3n) is 5.75. The SMILES string of the molecule is CCc1nn(C)c(F)c1C(=O)N(CC1CC(C)(C)Oc2ccccc21)C1CC1. The average Bonchev–Trinajstić information content (AvgIpc) is 3.44. The number of hydrogen-bond donors (Lipinski definition) is 0. The molecule has 0 saturated heterocycles. The summed E-state index contributed by atoms with van der Waals surface area (Å²) in [5.74, 6) is 0.273. The summed E-state index contributed by atoms with van der Waals surface area (Å²) in [7, 11) is 1.55. The highest BCUT2D eigenvalue weighted by Gasteiger charge is 2.41. The van der Waals surface area contributed by atoms with Crippen LogP contribution in [0.15, 0.2) is 24.3 Å². The van der Waals surface area contributed by atoms with Crippen molar-refractivity contribution >= 4 is 5.91 Å². The number of halogens is 1. The van der Waals surface area contributed by atoms with Crippen molar-refractivity contribution in [2.75, 3.05) is 6.54 Å². The van der Waals surface area contributed by atoms with Gasteiger partial charge in [0.25, 0.3) is 5.91 Å². The fraction of sp³-hybridized carbons (Fsp3) is 0.545. The maximum absolute atomic E-state index is 14.7. The van der Waals surface area contributed by atoms with E-state index in [-0.39, 0.29) is 29.0 Å². The van der Waals surface area contributed by atoms with Crippen LogP contribution in [0.1, 0.15) is 67.6 Å². The minimum absolute atomic E-state index is 0.136. The van der Waals surface area contributed by atoms with Crippen LogP contribution in [0.4, 0.5) is 4.39 Å². The van der Waals surface area contributed by atoms with Gasteiger partial charge in [-0.15, -0.1) is 0 Å². The van der Waals surface area contributed by atoms with Gasteiger partial charge in [-0.25, -0.2) is 4.68 Å². The molecule has 150 valence electrons. The van der Waals surface area contributed by atoms with E-state index in [9.17, 15) is 9.18 Å². The second kappa shape index (κ2) is 6.90. The van der Waals surface area contributed by atoms with Crippen LogP contribution in [0.3, 0.4) is 0 Å². The summed E-state index contributed by atoms with van der Waals surface area (Å²) in [6.45, 7) is 6.63. The van der Waals surface area contributed by atoms with Crippen LogP contribution in [-0.4, -0.2) is 38.8 Å². The Morgan fingerprint density at radius 2 is 2.07 bits per heavy atom. The Balaban J connectivity index is 1.66. The number of aromatic nitrogens is 2. The lowest BCUT2D eigenvalue weighted by atomic mass is 9.84. The number of fused-ring (bicyclic) bond motifs is 1. The maximum Gasteiger partial charge on any atom is 0.260 e. The van der Waals surface area contributed by atoms with Crippen LogP contribution in [0.5, 0.6) is 5.75 Å². The number of rotatable bonds is 5. The molecule has 5 nitrogen and oxygen atoms in total. The van der Waals surface area contributed by atoms with E-state index in [2.05, 4.69) is 25.0 Å². The quantitative estimate of drug-likeness (QED) is 0.779. The molecule has 2 heterocycles. The molecule has 1 aromatic heterocycles. The van der Waals surface area contributed by atoms with Crippen molar-refractivity contribution in [3.8, 4) is 5.75 Å². The fourth-order valence-corrected chi connectivity index (χ4v) is 4.30. The number of ether oxygens (including phenoxy) is 1. The molecule has 1 saturated carbocycles. The fourth-order valence-electron chi connectivity index (χ4n) is 4.30. The third kappa shape index (κ3) is 3.40. The van der Waals surface area contributed by atoms with Crippen LogP contribution in [0, 0.1) is 5.95 Å². The smallest absolute Gasteiger partial charge is 0.260 e. The number of nitrogens with zero attached hydrogens (tertiary/aromatic N) is 3. The number of hydrogen-bond acceptors (Lipinski definition) is 3. The zero-order valence-electron chi connectivity index (χ0n) is 17.0. The second-order valence-corrected chi connectivity index (χ2v) is 8.58. The van der Waals surface area contributed by atoms with Crippen molar-refractivity contribution < 1.29 is 13.9 Å². The van der Waals surface area contributed by atoms with Gasteiger partial charge >= 0.3 is 0 Å². The molecule has 0 N–H and O–H groups in total. The number of carbonyl (C=O) groups is 1. The molecule has 2 aromatic rings. The molecule has 0 bridgehead atoms. The standard InChI is InChI=1S/C22H28FN3O2/c1-5-17-19(20(23)25(4)24-17)21(27)26(15-10-11-15)13-14-12-22(2,3)28-18-9-7-6-8-16(14)18/h6-9,14-15H,5,10-13H2,1-4H3. The van der Waals surface area contributed by atoms with Gasteiger partial charge in [-0.05, 0) is 51.2 Å². The lowest BCUT2D eigenvalue weighted by molar-refractivity contribution is 0.0542. The Hall–Kier alpha value is -2.37. The van der Waals surface area contributed by atoms with E-state index in [1.54, 1.807) is 7.05 Å². The molecule has 1 unspecified atom stereocenters. The van der Waals surface area contributed by atoms with Gasteiger partial charge in [0.2, 0.25) is 5.95 Å². The van der Waals surface area contributed by atoms with Crippen LogP contribution in [0.25, 0.3) is 0 Å². The van der Waals surface area contributed by atoms with Gasteiger partial charge in [0.05, 0.1) is 5.69 Å². The Labute approximate surface area is 165 Å². The first-order valence-electron chi connectivity index (χ1n) is 10.1. The Morgan fingerprint density at radius 3 is 2.75 bits per heavy atom. The summed E-state index contributed by atoms with van der Waals surface area (Å²) >= 11 is 0. The number of para-hydroxylation sites is 1. The van der Waals surface area contributed by atoms with Crippen molar-refractivity contribution in [3.63, 3.8) is 0 Å². The third-order valence-corrected chi connectivity index (χ3v) is 5.75. The van der Waals surface area contributed by atoms with E-state index < -0.39 is 5.95 Å². The minimum atomic E-state index is -0.541. The van der Waals surface area contributed by atoms with E-state index in [1.165, 1.54) is 4.68 Å². The molecule has 1 amide bonds. The molecule has 1 atom stereocenters. The van der Waals surface area contributed by atoms with Gasteiger partial charge in [0, 0.05) is 25.6 Å². The van der Waals surface area contributed by atoms with Crippen LogP contribution in [0.2, 0.25) is 0 Å². The molecule has 1 fully saturated rings. The van der Waals surface area contributed by atoms with Crippen molar-refractivity contribution in [1.29, 1.82) is 0 Å². The highest BCUT2D eigenvalue weighted by Crippen LogP contribution is 2.42. The predicted octanol–water partition coefficient (Wildman–Crippen LogP) is 4.07. The second-order valence-electron chi connectivity index (χ2n) is 8.58. The van der Waals surface area contributed by atoms with Crippen LogP contribution >= 0.6 is 0 Å². The summed E-state index contributed by atoms with van der Waals surface area (Å²) in [6.07, 6.45) is 3.30.